The number of carbonyl (C=O) groups is 1. The molecule has 1 fully saturated rings. The largest absolute Gasteiger partial charge is 0.451 e. The van der Waals surface area contributed by atoms with E-state index in [-0.39, 0.29) is 11.7 Å². The highest BCUT2D eigenvalue weighted by Crippen LogP contribution is 2.26. The number of nitrogens with one attached hydrogen (secondary N) is 1. The second kappa shape index (κ2) is 7.25. The third-order valence-electron chi connectivity index (χ3n) is 5.00. The van der Waals surface area contributed by atoms with Gasteiger partial charge < -0.3 is 19.5 Å². The summed E-state index contributed by atoms with van der Waals surface area (Å²) in [5, 5.41) is 4.35. The molecule has 5 nitrogen and oxygen atoms in total. The number of fused-ring (bicyclic) bond motifs is 1. The lowest BCUT2D eigenvalue weighted by atomic mass is 10.1. The Morgan fingerprint density at radius 2 is 1.85 bits per heavy atom. The van der Waals surface area contributed by atoms with E-state index in [1.807, 2.05) is 12.1 Å². The highest BCUT2D eigenvalue weighted by Gasteiger charge is 2.17. The molecule has 27 heavy (non-hydrogen) atoms. The predicted octanol–water partition coefficient (Wildman–Crippen LogP) is 4.40. The quantitative estimate of drug-likeness (QED) is 0.728. The molecular formula is C21H22ClN3O2. The van der Waals surface area contributed by atoms with Gasteiger partial charge in [-0.15, -0.1) is 0 Å². The van der Waals surface area contributed by atoms with Crippen LogP contribution in [0.25, 0.3) is 11.0 Å². The van der Waals surface area contributed by atoms with Gasteiger partial charge in [0, 0.05) is 48.0 Å². The number of rotatable bonds is 3. The Kier molecular flexibility index (Phi) is 4.81. The summed E-state index contributed by atoms with van der Waals surface area (Å²) in [5.74, 6) is 0.00198. The van der Waals surface area contributed by atoms with E-state index in [1.54, 1.807) is 24.3 Å². The summed E-state index contributed by atoms with van der Waals surface area (Å²) >= 11 is 5.99. The number of amides is 1. The minimum atomic E-state index is -0.269. The monoisotopic (exact) mass is 383 g/mol. The number of hydrogen-bond donors (Lipinski definition) is 1. The van der Waals surface area contributed by atoms with Gasteiger partial charge in [-0.1, -0.05) is 11.6 Å². The van der Waals surface area contributed by atoms with Crippen molar-refractivity contribution in [3.05, 3.63) is 58.8 Å². The van der Waals surface area contributed by atoms with Gasteiger partial charge in [-0.25, -0.2) is 0 Å². The number of aryl methyl sites for hydroxylation is 1. The second-order valence-electron chi connectivity index (χ2n) is 7.04. The van der Waals surface area contributed by atoms with Gasteiger partial charge in [-0.05, 0) is 62.0 Å². The summed E-state index contributed by atoms with van der Waals surface area (Å²) in [6.07, 6.45) is 0. The zero-order chi connectivity index (χ0) is 19.0. The fourth-order valence-corrected chi connectivity index (χ4v) is 3.63. The Morgan fingerprint density at radius 3 is 2.59 bits per heavy atom. The number of anilines is 2. The van der Waals surface area contributed by atoms with Gasteiger partial charge in [-0.2, -0.15) is 0 Å². The maximum atomic E-state index is 12.5. The van der Waals surface area contributed by atoms with Crippen molar-refractivity contribution in [1.29, 1.82) is 0 Å². The number of benzene rings is 2. The molecule has 2 aromatic carbocycles. The first-order chi connectivity index (χ1) is 13.0. The molecule has 1 amide bonds. The van der Waals surface area contributed by atoms with Gasteiger partial charge in [0.15, 0.2) is 5.76 Å². The lowest BCUT2D eigenvalue weighted by molar-refractivity contribution is 0.0998. The van der Waals surface area contributed by atoms with Gasteiger partial charge in [-0.3, -0.25) is 4.79 Å². The molecule has 0 saturated carbocycles. The maximum Gasteiger partial charge on any atom is 0.291 e. The van der Waals surface area contributed by atoms with E-state index in [2.05, 4.69) is 35.2 Å². The molecule has 0 radical (unpaired) electrons. The van der Waals surface area contributed by atoms with Gasteiger partial charge in [0.05, 0.1) is 0 Å². The number of nitrogens with zero attached hydrogens (tertiary/aromatic N) is 2. The summed E-state index contributed by atoms with van der Waals surface area (Å²) in [4.78, 5) is 17.3. The Balaban J connectivity index is 1.50. The van der Waals surface area contributed by atoms with Crippen molar-refractivity contribution in [3.8, 4) is 0 Å². The van der Waals surface area contributed by atoms with Crippen molar-refractivity contribution in [2.75, 3.05) is 43.4 Å². The molecule has 1 aromatic heterocycles. The molecule has 2 heterocycles. The first kappa shape index (κ1) is 17.9. The molecule has 1 saturated heterocycles. The zero-order valence-corrected chi connectivity index (χ0v) is 16.2. The fourth-order valence-electron chi connectivity index (χ4n) is 3.45. The summed E-state index contributed by atoms with van der Waals surface area (Å²) < 4.78 is 5.63. The van der Waals surface area contributed by atoms with Crippen LogP contribution in [0.15, 0.2) is 46.9 Å². The van der Waals surface area contributed by atoms with Crippen molar-refractivity contribution < 1.29 is 9.21 Å². The summed E-state index contributed by atoms with van der Waals surface area (Å²) in [6, 6.07) is 13.0. The molecule has 1 aliphatic heterocycles. The number of halogens is 1. The molecule has 0 aliphatic carbocycles. The van der Waals surface area contributed by atoms with Gasteiger partial charge in [0.1, 0.15) is 5.58 Å². The molecule has 4 rings (SSSR count). The number of piperazine rings is 1. The van der Waals surface area contributed by atoms with Crippen LogP contribution in [0.3, 0.4) is 0 Å². The number of likely N-dealkylation sites (N-methyl/N-ethyl adjacent to an activating group) is 1. The van der Waals surface area contributed by atoms with Crippen molar-refractivity contribution >= 4 is 39.9 Å². The Bertz CT molecular complexity index is 990. The minimum absolute atomic E-state index is 0.269. The van der Waals surface area contributed by atoms with E-state index in [0.29, 0.717) is 10.6 Å². The third kappa shape index (κ3) is 3.80. The lowest BCUT2D eigenvalue weighted by Gasteiger charge is -2.35. The maximum absolute atomic E-state index is 12.5. The normalized spacial score (nSPS) is 15.3. The van der Waals surface area contributed by atoms with E-state index in [0.717, 1.165) is 42.8 Å². The average molecular weight is 384 g/mol. The SMILES string of the molecule is Cc1cc(NC(=O)c2cc3cc(Cl)ccc3o2)ccc1N1CCN(C)CC1. The highest BCUT2D eigenvalue weighted by molar-refractivity contribution is 6.31. The third-order valence-corrected chi connectivity index (χ3v) is 5.24. The van der Waals surface area contributed by atoms with Crippen LogP contribution in [-0.4, -0.2) is 44.0 Å². The van der Waals surface area contributed by atoms with Gasteiger partial charge in [0.25, 0.3) is 5.91 Å². The topological polar surface area (TPSA) is 48.7 Å². The zero-order valence-electron chi connectivity index (χ0n) is 15.5. The van der Waals surface area contributed by atoms with E-state index in [1.165, 1.54) is 5.69 Å². The summed E-state index contributed by atoms with van der Waals surface area (Å²) in [7, 11) is 2.15. The van der Waals surface area contributed by atoms with Crippen molar-refractivity contribution in [2.45, 2.75) is 6.92 Å². The Hall–Kier alpha value is -2.50. The van der Waals surface area contributed by atoms with Crippen LogP contribution in [0.5, 0.6) is 0 Å². The number of furan rings is 1. The molecule has 0 bridgehead atoms. The molecule has 0 spiro atoms. The van der Waals surface area contributed by atoms with Crippen LogP contribution < -0.4 is 10.2 Å². The van der Waals surface area contributed by atoms with E-state index < -0.39 is 0 Å². The van der Waals surface area contributed by atoms with E-state index >= 15 is 0 Å². The van der Waals surface area contributed by atoms with Crippen LogP contribution in [0.4, 0.5) is 11.4 Å². The molecule has 140 valence electrons. The van der Waals surface area contributed by atoms with Crippen LogP contribution >= 0.6 is 11.6 Å². The molecular weight excluding hydrogens is 362 g/mol. The van der Waals surface area contributed by atoms with E-state index in [9.17, 15) is 4.79 Å². The molecule has 1 aliphatic rings. The molecule has 1 N–H and O–H groups in total. The smallest absolute Gasteiger partial charge is 0.291 e. The van der Waals surface area contributed by atoms with Crippen LogP contribution in [0, 0.1) is 6.92 Å². The lowest BCUT2D eigenvalue weighted by Crippen LogP contribution is -2.44. The Labute approximate surface area is 163 Å². The summed E-state index contributed by atoms with van der Waals surface area (Å²) in [5.41, 5.74) is 3.77. The van der Waals surface area contributed by atoms with Crippen LogP contribution in [0.2, 0.25) is 5.02 Å². The predicted molar refractivity (Wildman–Crippen MR) is 110 cm³/mol. The molecule has 3 aromatic rings. The van der Waals surface area contributed by atoms with Crippen molar-refractivity contribution in [2.24, 2.45) is 0 Å². The van der Waals surface area contributed by atoms with E-state index in [4.69, 9.17) is 16.0 Å². The van der Waals surface area contributed by atoms with Crippen LogP contribution in [0.1, 0.15) is 16.1 Å². The van der Waals surface area contributed by atoms with Gasteiger partial charge >= 0.3 is 0 Å². The minimum Gasteiger partial charge on any atom is -0.451 e. The Morgan fingerprint density at radius 1 is 1.07 bits per heavy atom. The highest BCUT2D eigenvalue weighted by atomic mass is 35.5. The number of carbonyl (C=O) groups excluding carboxylic acids is 1. The average Bonchev–Trinajstić information content (AvgIpc) is 3.06. The summed E-state index contributed by atoms with van der Waals surface area (Å²) in [6.45, 7) is 6.24. The van der Waals surface area contributed by atoms with Crippen molar-refractivity contribution in [3.63, 3.8) is 0 Å². The fraction of sp³-hybridized carbons (Fsp3) is 0.286. The van der Waals surface area contributed by atoms with Crippen molar-refractivity contribution in [1.82, 2.24) is 4.90 Å². The molecule has 6 heteroatoms. The number of hydrogen-bond acceptors (Lipinski definition) is 4. The first-order valence-electron chi connectivity index (χ1n) is 9.04. The second-order valence-corrected chi connectivity index (χ2v) is 7.47. The first-order valence-corrected chi connectivity index (χ1v) is 9.42. The van der Waals surface area contributed by atoms with Gasteiger partial charge in [0.2, 0.25) is 0 Å². The van der Waals surface area contributed by atoms with Crippen LogP contribution in [-0.2, 0) is 0 Å². The molecule has 0 unspecified atom stereocenters. The standard InChI is InChI=1S/C21H22ClN3O2/c1-14-11-17(4-5-18(14)25-9-7-24(2)8-10-25)23-21(26)20-13-15-12-16(22)3-6-19(15)27-20/h3-6,11-13H,7-10H2,1-2H3,(H,23,26). The molecule has 0 atom stereocenters.